The first-order valence-corrected chi connectivity index (χ1v) is 6.14. The van der Waals surface area contributed by atoms with Crippen LogP contribution in [0.3, 0.4) is 0 Å². The Morgan fingerprint density at radius 2 is 1.95 bits per heavy atom. The van der Waals surface area contributed by atoms with Crippen molar-refractivity contribution in [3.63, 3.8) is 0 Å². The van der Waals surface area contributed by atoms with Gasteiger partial charge in [0.1, 0.15) is 11.5 Å². The number of carboxylic acid groups (broad SMARTS) is 1. The summed E-state index contributed by atoms with van der Waals surface area (Å²) in [5.41, 5.74) is 0.784. The maximum Gasteiger partial charge on any atom is 0.337 e. The van der Waals surface area contributed by atoms with Gasteiger partial charge in [0, 0.05) is 12.7 Å². The second-order valence-electron chi connectivity index (χ2n) is 4.48. The molecule has 2 rings (SSSR count). The molecule has 0 radical (unpaired) electrons. The van der Waals surface area contributed by atoms with Crippen LogP contribution in [0.4, 0.5) is 10.1 Å². The van der Waals surface area contributed by atoms with Crippen LogP contribution in [-0.4, -0.2) is 29.0 Å². The SMILES string of the molecule is Cc1nc(C(=O)N(C)c2cccc(F)c2)ccc1C(=O)O. The number of halogens is 1. The third-order valence-electron chi connectivity index (χ3n) is 3.04. The van der Waals surface area contributed by atoms with Crippen LogP contribution in [0.2, 0.25) is 0 Å². The number of aromatic carboxylic acids is 1. The minimum Gasteiger partial charge on any atom is -0.478 e. The fourth-order valence-electron chi connectivity index (χ4n) is 1.88. The van der Waals surface area contributed by atoms with E-state index in [0.29, 0.717) is 5.69 Å². The number of rotatable bonds is 3. The van der Waals surface area contributed by atoms with Gasteiger partial charge in [0.15, 0.2) is 0 Å². The summed E-state index contributed by atoms with van der Waals surface area (Å²) >= 11 is 0. The number of aryl methyl sites for hydroxylation is 1. The number of anilines is 1. The molecule has 1 heterocycles. The van der Waals surface area contributed by atoms with Gasteiger partial charge in [-0.3, -0.25) is 4.79 Å². The maximum atomic E-state index is 13.2. The number of hydrogen-bond donors (Lipinski definition) is 1. The minimum atomic E-state index is -1.10. The number of pyridine rings is 1. The van der Waals surface area contributed by atoms with E-state index in [0.717, 1.165) is 0 Å². The fraction of sp³-hybridized carbons (Fsp3) is 0.133. The summed E-state index contributed by atoms with van der Waals surface area (Å²) in [6.45, 7) is 1.52. The molecule has 0 aliphatic rings. The average Bonchev–Trinajstić information content (AvgIpc) is 2.45. The standard InChI is InChI=1S/C15H13FN2O3/c1-9-12(15(20)21)6-7-13(17-9)14(19)18(2)11-5-3-4-10(16)8-11/h3-8H,1-2H3,(H,20,21). The highest BCUT2D eigenvalue weighted by molar-refractivity contribution is 6.04. The summed E-state index contributed by atoms with van der Waals surface area (Å²) in [7, 11) is 1.50. The molecular formula is C15H13FN2O3. The third kappa shape index (κ3) is 3.05. The Morgan fingerprint density at radius 1 is 1.24 bits per heavy atom. The molecular weight excluding hydrogens is 275 g/mol. The molecule has 0 spiro atoms. The van der Waals surface area contributed by atoms with Crippen LogP contribution in [0, 0.1) is 12.7 Å². The lowest BCUT2D eigenvalue weighted by molar-refractivity contribution is 0.0695. The van der Waals surface area contributed by atoms with E-state index in [1.54, 1.807) is 6.07 Å². The van der Waals surface area contributed by atoms with Crippen LogP contribution in [0.25, 0.3) is 0 Å². The van der Waals surface area contributed by atoms with Crippen molar-refractivity contribution >= 4 is 17.6 Å². The molecule has 21 heavy (non-hydrogen) atoms. The minimum absolute atomic E-state index is 0.0416. The Hall–Kier alpha value is -2.76. The molecule has 1 amide bonds. The molecule has 2 aromatic rings. The molecule has 0 atom stereocenters. The topological polar surface area (TPSA) is 70.5 Å². The van der Waals surface area contributed by atoms with Crippen molar-refractivity contribution in [2.45, 2.75) is 6.92 Å². The summed E-state index contributed by atoms with van der Waals surface area (Å²) in [5, 5.41) is 8.94. The van der Waals surface area contributed by atoms with Crippen LogP contribution in [0.15, 0.2) is 36.4 Å². The first-order valence-electron chi connectivity index (χ1n) is 6.14. The number of aromatic nitrogens is 1. The Labute approximate surface area is 120 Å². The van der Waals surface area contributed by atoms with Crippen molar-refractivity contribution in [3.05, 3.63) is 59.2 Å². The number of carbonyl (C=O) groups excluding carboxylic acids is 1. The first kappa shape index (κ1) is 14.6. The van der Waals surface area contributed by atoms with E-state index in [-0.39, 0.29) is 17.0 Å². The fourth-order valence-corrected chi connectivity index (χ4v) is 1.88. The average molecular weight is 288 g/mol. The maximum absolute atomic E-state index is 13.2. The van der Waals surface area contributed by atoms with Crippen molar-refractivity contribution in [3.8, 4) is 0 Å². The largest absolute Gasteiger partial charge is 0.478 e. The van der Waals surface area contributed by atoms with Crippen LogP contribution in [0.5, 0.6) is 0 Å². The predicted molar refractivity (Wildman–Crippen MR) is 75.1 cm³/mol. The van der Waals surface area contributed by atoms with Gasteiger partial charge in [-0.05, 0) is 37.3 Å². The van der Waals surface area contributed by atoms with Gasteiger partial charge in [-0.15, -0.1) is 0 Å². The second kappa shape index (κ2) is 5.70. The normalized spacial score (nSPS) is 10.2. The van der Waals surface area contributed by atoms with Crippen LogP contribution in [0.1, 0.15) is 26.5 Å². The van der Waals surface area contributed by atoms with Crippen molar-refractivity contribution in [1.82, 2.24) is 4.98 Å². The molecule has 0 saturated heterocycles. The Morgan fingerprint density at radius 3 is 2.52 bits per heavy atom. The van der Waals surface area contributed by atoms with E-state index in [2.05, 4.69) is 4.98 Å². The zero-order chi connectivity index (χ0) is 15.6. The van der Waals surface area contributed by atoms with Crippen LogP contribution >= 0.6 is 0 Å². The van der Waals surface area contributed by atoms with Gasteiger partial charge >= 0.3 is 5.97 Å². The molecule has 108 valence electrons. The molecule has 1 aromatic heterocycles. The Balaban J connectivity index is 2.32. The lowest BCUT2D eigenvalue weighted by Gasteiger charge is -2.17. The van der Waals surface area contributed by atoms with Crippen LogP contribution < -0.4 is 4.90 Å². The summed E-state index contributed by atoms with van der Waals surface area (Å²) in [6, 6.07) is 8.29. The Bertz CT molecular complexity index is 716. The molecule has 6 heteroatoms. The van der Waals surface area contributed by atoms with E-state index in [9.17, 15) is 14.0 Å². The van der Waals surface area contributed by atoms with Gasteiger partial charge in [-0.1, -0.05) is 6.07 Å². The van der Waals surface area contributed by atoms with Gasteiger partial charge in [-0.25, -0.2) is 14.2 Å². The van der Waals surface area contributed by atoms with Gasteiger partial charge in [0.2, 0.25) is 0 Å². The lowest BCUT2D eigenvalue weighted by atomic mass is 10.1. The van der Waals surface area contributed by atoms with Gasteiger partial charge in [-0.2, -0.15) is 0 Å². The molecule has 0 fully saturated rings. The predicted octanol–water partition coefficient (Wildman–Crippen LogP) is 2.50. The summed E-state index contributed by atoms with van der Waals surface area (Å²) < 4.78 is 13.2. The van der Waals surface area contributed by atoms with Gasteiger partial charge in [0.05, 0.1) is 11.3 Å². The van der Waals surface area contributed by atoms with E-state index >= 15 is 0 Å². The summed E-state index contributed by atoms with van der Waals surface area (Å²) in [6.07, 6.45) is 0. The first-order chi connectivity index (χ1) is 9.90. The zero-order valence-electron chi connectivity index (χ0n) is 11.5. The molecule has 0 aliphatic carbocycles. The van der Waals surface area contributed by atoms with Crippen molar-refractivity contribution in [2.75, 3.05) is 11.9 Å². The molecule has 0 bridgehead atoms. The van der Waals surface area contributed by atoms with E-state index < -0.39 is 17.7 Å². The highest BCUT2D eigenvalue weighted by Gasteiger charge is 2.17. The molecule has 5 nitrogen and oxygen atoms in total. The van der Waals surface area contributed by atoms with E-state index in [4.69, 9.17) is 5.11 Å². The Kier molecular flexibility index (Phi) is 3.98. The van der Waals surface area contributed by atoms with Gasteiger partial charge in [0.25, 0.3) is 5.91 Å². The quantitative estimate of drug-likeness (QED) is 0.942. The summed E-state index contributed by atoms with van der Waals surface area (Å²) in [4.78, 5) is 28.5. The van der Waals surface area contributed by atoms with Crippen LogP contribution in [-0.2, 0) is 0 Å². The number of amides is 1. The smallest absolute Gasteiger partial charge is 0.337 e. The van der Waals surface area contributed by atoms with Gasteiger partial charge < -0.3 is 10.0 Å². The number of carboxylic acids is 1. The highest BCUT2D eigenvalue weighted by Crippen LogP contribution is 2.17. The van der Waals surface area contributed by atoms with E-state index in [1.807, 2.05) is 0 Å². The molecule has 1 aromatic carbocycles. The van der Waals surface area contributed by atoms with Crippen molar-refractivity contribution < 1.29 is 19.1 Å². The molecule has 0 aliphatic heterocycles. The monoisotopic (exact) mass is 288 g/mol. The molecule has 0 unspecified atom stereocenters. The van der Waals surface area contributed by atoms with Crippen molar-refractivity contribution in [2.24, 2.45) is 0 Å². The van der Waals surface area contributed by atoms with Crippen molar-refractivity contribution in [1.29, 1.82) is 0 Å². The number of hydrogen-bond acceptors (Lipinski definition) is 3. The lowest BCUT2D eigenvalue weighted by Crippen LogP contribution is -2.27. The third-order valence-corrected chi connectivity index (χ3v) is 3.04. The number of benzene rings is 1. The highest BCUT2D eigenvalue weighted by atomic mass is 19.1. The molecule has 1 N–H and O–H groups in total. The second-order valence-corrected chi connectivity index (χ2v) is 4.48. The number of nitrogens with zero attached hydrogens (tertiary/aromatic N) is 2. The molecule has 0 saturated carbocycles. The van der Waals surface area contributed by atoms with E-state index in [1.165, 1.54) is 49.2 Å². The zero-order valence-corrected chi connectivity index (χ0v) is 11.5. The number of carbonyl (C=O) groups is 2. The summed E-state index contributed by atoms with van der Waals surface area (Å²) in [5.74, 6) is -1.99.